The molecule has 3 heterocycles. The molecule has 0 amide bonds. The number of rotatable bonds is 4. The second-order valence-corrected chi connectivity index (χ2v) is 7.45. The quantitative estimate of drug-likeness (QED) is 0.766. The van der Waals surface area contributed by atoms with E-state index in [-0.39, 0.29) is 5.82 Å². The van der Waals surface area contributed by atoms with E-state index in [0.29, 0.717) is 0 Å². The maximum absolute atomic E-state index is 13.5. The lowest BCUT2D eigenvalue weighted by Gasteiger charge is -2.36. The molecule has 0 radical (unpaired) electrons. The lowest BCUT2D eigenvalue weighted by atomic mass is 10.1. The lowest BCUT2D eigenvalue weighted by Crippen LogP contribution is -2.47. The van der Waals surface area contributed by atoms with Crippen LogP contribution in [0, 0.1) is 5.82 Å². The fraction of sp³-hybridized carbons (Fsp3) is 0.364. The Morgan fingerprint density at radius 1 is 1.07 bits per heavy atom. The molecule has 5 rings (SSSR count). The van der Waals surface area contributed by atoms with Crippen molar-refractivity contribution in [1.82, 2.24) is 9.88 Å². The molecule has 5 heteroatoms. The maximum Gasteiger partial charge on any atom is 0.145 e. The van der Waals surface area contributed by atoms with Gasteiger partial charge in [0.2, 0.25) is 0 Å². The second kappa shape index (κ2) is 6.89. The van der Waals surface area contributed by atoms with Crippen molar-refractivity contribution in [3.05, 3.63) is 59.5 Å². The minimum Gasteiger partial charge on any atom is -0.491 e. The number of piperazine rings is 1. The molecule has 0 bridgehead atoms. The van der Waals surface area contributed by atoms with Gasteiger partial charge in [0.1, 0.15) is 11.6 Å². The van der Waals surface area contributed by atoms with Gasteiger partial charge in [-0.25, -0.2) is 4.39 Å². The van der Waals surface area contributed by atoms with Crippen molar-refractivity contribution in [3.63, 3.8) is 0 Å². The van der Waals surface area contributed by atoms with Gasteiger partial charge in [-0.3, -0.25) is 4.90 Å². The number of aromatic amines is 1. The third-order valence-electron chi connectivity index (χ3n) is 5.83. The molecule has 3 aromatic rings. The van der Waals surface area contributed by atoms with E-state index < -0.39 is 0 Å². The topological polar surface area (TPSA) is 31.5 Å². The second-order valence-electron chi connectivity index (χ2n) is 7.45. The number of fused-ring (bicyclic) bond motifs is 2. The third-order valence-corrected chi connectivity index (χ3v) is 5.83. The van der Waals surface area contributed by atoms with Gasteiger partial charge in [0, 0.05) is 56.2 Å². The zero-order chi connectivity index (χ0) is 18.2. The van der Waals surface area contributed by atoms with E-state index in [1.165, 1.54) is 22.9 Å². The standard InChI is InChI=1S/C22H24FN3O/c23-18-4-5-20-19(14-18)17(15-24-20)6-8-25-9-11-26(12-10-25)21-3-1-2-16-7-13-27-22(16)21/h1-5,14-15,24H,6-13H2. The summed E-state index contributed by atoms with van der Waals surface area (Å²) < 4.78 is 19.4. The number of para-hydroxylation sites is 1. The summed E-state index contributed by atoms with van der Waals surface area (Å²) in [5.74, 6) is 0.918. The number of anilines is 1. The van der Waals surface area contributed by atoms with Crippen molar-refractivity contribution < 1.29 is 9.13 Å². The highest BCUT2D eigenvalue weighted by Gasteiger charge is 2.23. The fourth-order valence-corrected chi connectivity index (χ4v) is 4.30. The SMILES string of the molecule is Fc1ccc2[nH]cc(CCN3CCN(c4cccc5c4OCC5)CC3)c2c1. The number of nitrogens with zero attached hydrogens (tertiary/aromatic N) is 2. The normalized spacial score (nSPS) is 17.3. The highest BCUT2D eigenvalue weighted by atomic mass is 19.1. The Morgan fingerprint density at radius 2 is 1.96 bits per heavy atom. The van der Waals surface area contributed by atoms with Crippen LogP contribution in [-0.2, 0) is 12.8 Å². The smallest absolute Gasteiger partial charge is 0.145 e. The Labute approximate surface area is 158 Å². The third kappa shape index (κ3) is 3.16. The van der Waals surface area contributed by atoms with Gasteiger partial charge in [-0.15, -0.1) is 0 Å². The van der Waals surface area contributed by atoms with Crippen LogP contribution in [0.5, 0.6) is 5.75 Å². The molecule has 0 unspecified atom stereocenters. The van der Waals surface area contributed by atoms with Crippen molar-refractivity contribution >= 4 is 16.6 Å². The van der Waals surface area contributed by atoms with Gasteiger partial charge in [0.15, 0.2) is 0 Å². The molecular weight excluding hydrogens is 341 g/mol. The van der Waals surface area contributed by atoms with E-state index in [1.807, 2.05) is 12.3 Å². The first-order valence-corrected chi connectivity index (χ1v) is 9.75. The molecule has 0 saturated carbocycles. The summed E-state index contributed by atoms with van der Waals surface area (Å²) >= 11 is 0. The van der Waals surface area contributed by atoms with Crippen LogP contribution in [0.4, 0.5) is 10.1 Å². The number of ether oxygens (including phenoxy) is 1. The number of H-pyrrole nitrogens is 1. The van der Waals surface area contributed by atoms with Crippen LogP contribution >= 0.6 is 0 Å². The molecule has 0 spiro atoms. The molecule has 0 aliphatic carbocycles. The molecule has 2 aromatic carbocycles. The first kappa shape index (κ1) is 16.6. The van der Waals surface area contributed by atoms with Gasteiger partial charge in [0.25, 0.3) is 0 Å². The first-order valence-electron chi connectivity index (χ1n) is 9.75. The number of nitrogens with one attached hydrogen (secondary N) is 1. The molecule has 140 valence electrons. The predicted octanol–water partition coefficient (Wildman–Crippen LogP) is 3.61. The molecule has 0 atom stereocenters. The van der Waals surface area contributed by atoms with Crippen LogP contribution in [0.1, 0.15) is 11.1 Å². The van der Waals surface area contributed by atoms with Gasteiger partial charge >= 0.3 is 0 Å². The summed E-state index contributed by atoms with van der Waals surface area (Å²) in [5, 5.41) is 1.01. The van der Waals surface area contributed by atoms with Crippen molar-refractivity contribution in [2.45, 2.75) is 12.8 Å². The molecule has 1 aromatic heterocycles. The van der Waals surface area contributed by atoms with E-state index in [1.54, 1.807) is 6.07 Å². The van der Waals surface area contributed by atoms with Gasteiger partial charge in [-0.05, 0) is 41.8 Å². The number of hydrogen-bond donors (Lipinski definition) is 1. The van der Waals surface area contributed by atoms with Crippen LogP contribution in [0.3, 0.4) is 0 Å². The van der Waals surface area contributed by atoms with Gasteiger partial charge in [0.05, 0.1) is 12.3 Å². The molecule has 2 aliphatic rings. The number of halogens is 1. The Hall–Kier alpha value is -2.53. The molecule has 1 N–H and O–H groups in total. The average Bonchev–Trinajstić information content (AvgIpc) is 3.33. The van der Waals surface area contributed by atoms with E-state index in [4.69, 9.17) is 4.74 Å². The summed E-state index contributed by atoms with van der Waals surface area (Å²) in [5.41, 5.74) is 4.79. The van der Waals surface area contributed by atoms with Crippen molar-refractivity contribution in [2.75, 3.05) is 44.2 Å². The van der Waals surface area contributed by atoms with E-state index in [9.17, 15) is 4.39 Å². The van der Waals surface area contributed by atoms with E-state index in [0.717, 1.165) is 68.8 Å². The molecule has 4 nitrogen and oxygen atoms in total. The van der Waals surface area contributed by atoms with Crippen LogP contribution in [-0.4, -0.2) is 49.2 Å². The highest BCUT2D eigenvalue weighted by molar-refractivity contribution is 5.83. The number of aromatic nitrogens is 1. The Bertz CT molecular complexity index is 959. The molecule has 27 heavy (non-hydrogen) atoms. The molecule has 1 fully saturated rings. The Morgan fingerprint density at radius 3 is 2.85 bits per heavy atom. The Balaban J connectivity index is 1.21. The number of benzene rings is 2. The first-order chi connectivity index (χ1) is 13.3. The molecular formula is C22H24FN3O. The van der Waals surface area contributed by atoms with E-state index >= 15 is 0 Å². The zero-order valence-electron chi connectivity index (χ0n) is 15.4. The van der Waals surface area contributed by atoms with Crippen LogP contribution in [0.25, 0.3) is 10.9 Å². The minimum atomic E-state index is -0.172. The predicted molar refractivity (Wildman–Crippen MR) is 106 cm³/mol. The van der Waals surface area contributed by atoms with Gasteiger partial charge in [-0.2, -0.15) is 0 Å². The van der Waals surface area contributed by atoms with Crippen LogP contribution < -0.4 is 9.64 Å². The summed E-state index contributed by atoms with van der Waals surface area (Å²) in [6, 6.07) is 11.5. The summed E-state index contributed by atoms with van der Waals surface area (Å²) in [7, 11) is 0. The summed E-state index contributed by atoms with van der Waals surface area (Å²) in [6.07, 6.45) is 3.98. The summed E-state index contributed by atoms with van der Waals surface area (Å²) in [6.45, 7) is 5.92. The van der Waals surface area contributed by atoms with E-state index in [2.05, 4.69) is 33.0 Å². The van der Waals surface area contributed by atoms with Crippen LogP contribution in [0.2, 0.25) is 0 Å². The van der Waals surface area contributed by atoms with Crippen molar-refractivity contribution in [3.8, 4) is 5.75 Å². The zero-order valence-corrected chi connectivity index (χ0v) is 15.4. The largest absolute Gasteiger partial charge is 0.491 e. The minimum absolute atomic E-state index is 0.172. The average molecular weight is 365 g/mol. The van der Waals surface area contributed by atoms with Gasteiger partial charge < -0.3 is 14.6 Å². The maximum atomic E-state index is 13.5. The van der Waals surface area contributed by atoms with Crippen molar-refractivity contribution in [1.29, 1.82) is 0 Å². The fourth-order valence-electron chi connectivity index (χ4n) is 4.30. The number of hydrogen-bond acceptors (Lipinski definition) is 3. The summed E-state index contributed by atoms with van der Waals surface area (Å²) in [4.78, 5) is 8.19. The van der Waals surface area contributed by atoms with Gasteiger partial charge in [-0.1, -0.05) is 12.1 Å². The Kier molecular flexibility index (Phi) is 4.24. The van der Waals surface area contributed by atoms with Crippen molar-refractivity contribution in [2.24, 2.45) is 0 Å². The monoisotopic (exact) mass is 365 g/mol. The molecule has 2 aliphatic heterocycles. The van der Waals surface area contributed by atoms with Crippen LogP contribution in [0.15, 0.2) is 42.6 Å². The lowest BCUT2D eigenvalue weighted by molar-refractivity contribution is 0.260. The molecule has 1 saturated heterocycles. The highest BCUT2D eigenvalue weighted by Crippen LogP contribution is 2.36.